The maximum atomic E-state index is 13.4. The average molecular weight is 405 g/mol. The van der Waals surface area contributed by atoms with Gasteiger partial charge in [0.2, 0.25) is 6.79 Å². The Morgan fingerprint density at radius 3 is 2.74 bits per heavy atom. The van der Waals surface area contributed by atoms with Crippen LogP contribution in [-0.4, -0.2) is 30.9 Å². The number of hydrogen-bond acceptors (Lipinski definition) is 3. The van der Waals surface area contributed by atoms with Gasteiger partial charge in [0.25, 0.3) is 5.91 Å². The van der Waals surface area contributed by atoms with Crippen LogP contribution in [0.2, 0.25) is 5.02 Å². The lowest BCUT2D eigenvalue weighted by Gasteiger charge is -2.21. The Hall–Kier alpha value is -2.21. The number of aromatic nitrogens is 1. The normalized spacial score (nSPS) is 17.5. The van der Waals surface area contributed by atoms with E-state index >= 15 is 0 Å². The lowest BCUT2D eigenvalue weighted by atomic mass is 10.0. The quantitative estimate of drug-likeness (QED) is 0.582. The summed E-state index contributed by atoms with van der Waals surface area (Å²) in [6, 6.07) is 11.0. The van der Waals surface area contributed by atoms with Gasteiger partial charge in [-0.15, -0.1) is 0 Å². The minimum absolute atomic E-state index is 0. The van der Waals surface area contributed by atoms with Crippen LogP contribution in [0.3, 0.4) is 0 Å². The fourth-order valence-electron chi connectivity index (χ4n) is 3.96. The minimum atomic E-state index is -0.0582. The molecule has 27 heavy (non-hydrogen) atoms. The van der Waals surface area contributed by atoms with Crippen molar-refractivity contribution in [3.8, 4) is 11.5 Å². The standard InChI is InChI=1S/C20H17ClN2O3.ClH/c1-22-6-5-16-15(10-22)14-8-18-19(26-11-25-18)9-17(14)23(16)20(24)12-3-2-4-13(21)7-12;/h2-4,7-9H,5-6,10-11H2,1H3;1H. The van der Waals surface area contributed by atoms with E-state index in [0.717, 1.165) is 41.9 Å². The molecule has 0 radical (unpaired) electrons. The second-order valence-electron chi connectivity index (χ2n) is 6.93. The Morgan fingerprint density at radius 2 is 1.96 bits per heavy atom. The maximum Gasteiger partial charge on any atom is 0.262 e. The van der Waals surface area contributed by atoms with Crippen molar-refractivity contribution >= 4 is 28.4 Å². The van der Waals surface area contributed by atoms with E-state index in [9.17, 15) is 4.79 Å². The van der Waals surface area contributed by atoms with Crippen LogP contribution in [0.5, 0.6) is 11.5 Å². The molecule has 5 rings (SSSR count). The van der Waals surface area contributed by atoms with Crippen LogP contribution in [0.1, 0.15) is 21.6 Å². The van der Waals surface area contributed by atoms with Gasteiger partial charge in [-0.1, -0.05) is 17.7 Å². The highest BCUT2D eigenvalue weighted by molar-refractivity contribution is 6.31. The lowest BCUT2D eigenvalue weighted by molar-refractivity contribution is -0.895. The van der Waals surface area contributed by atoms with Crippen molar-refractivity contribution in [1.29, 1.82) is 0 Å². The van der Waals surface area contributed by atoms with E-state index in [2.05, 4.69) is 7.05 Å². The van der Waals surface area contributed by atoms with Crippen molar-refractivity contribution < 1.29 is 31.6 Å². The number of nitrogens with zero attached hydrogens (tertiary/aromatic N) is 1. The summed E-state index contributed by atoms with van der Waals surface area (Å²) in [5.41, 5.74) is 3.76. The van der Waals surface area contributed by atoms with E-state index in [1.54, 1.807) is 24.3 Å². The number of rotatable bonds is 1. The highest BCUT2D eigenvalue weighted by Crippen LogP contribution is 2.40. The number of ether oxygens (including phenoxy) is 2. The first-order valence-corrected chi connectivity index (χ1v) is 9.07. The van der Waals surface area contributed by atoms with Gasteiger partial charge in [-0.3, -0.25) is 9.36 Å². The van der Waals surface area contributed by atoms with Gasteiger partial charge in [-0.05, 0) is 24.3 Å². The summed E-state index contributed by atoms with van der Waals surface area (Å²) in [5, 5.41) is 1.63. The van der Waals surface area contributed by atoms with Gasteiger partial charge < -0.3 is 26.8 Å². The third-order valence-corrected chi connectivity index (χ3v) is 5.45. The number of hydrogen-bond donors (Lipinski definition) is 1. The largest absolute Gasteiger partial charge is 1.00 e. The molecule has 0 saturated carbocycles. The molecule has 0 bridgehead atoms. The molecule has 2 aliphatic rings. The smallest absolute Gasteiger partial charge is 0.262 e. The van der Waals surface area contributed by atoms with Gasteiger partial charge >= 0.3 is 0 Å². The number of quaternary nitrogens is 1. The van der Waals surface area contributed by atoms with Gasteiger partial charge in [0.05, 0.1) is 19.1 Å². The molecule has 5 nitrogen and oxygen atoms in total. The topological polar surface area (TPSA) is 44.9 Å². The summed E-state index contributed by atoms with van der Waals surface area (Å²) in [6.07, 6.45) is 0.856. The number of halogens is 2. The van der Waals surface area contributed by atoms with Crippen LogP contribution in [0, 0.1) is 0 Å². The predicted octanol–water partition coefficient (Wildman–Crippen LogP) is -0.713. The van der Waals surface area contributed by atoms with E-state index in [-0.39, 0.29) is 25.1 Å². The average Bonchev–Trinajstić information content (AvgIpc) is 3.21. The summed E-state index contributed by atoms with van der Waals surface area (Å²) >= 11 is 6.11. The molecule has 0 aliphatic carbocycles. The number of fused-ring (bicyclic) bond motifs is 4. The van der Waals surface area contributed by atoms with E-state index < -0.39 is 0 Å². The molecule has 7 heteroatoms. The lowest BCUT2D eigenvalue weighted by Crippen LogP contribution is -3.08. The van der Waals surface area contributed by atoms with E-state index in [0.29, 0.717) is 16.3 Å². The van der Waals surface area contributed by atoms with Crippen LogP contribution in [0.15, 0.2) is 36.4 Å². The molecule has 1 atom stereocenters. The van der Waals surface area contributed by atoms with Crippen LogP contribution >= 0.6 is 11.6 Å². The number of nitrogens with one attached hydrogen (secondary N) is 1. The first-order chi connectivity index (χ1) is 12.6. The summed E-state index contributed by atoms with van der Waals surface area (Å²) in [5.74, 6) is 1.38. The molecule has 1 N–H and O–H groups in total. The second kappa shape index (κ2) is 6.75. The zero-order valence-electron chi connectivity index (χ0n) is 14.7. The molecule has 0 spiro atoms. The molecular formula is C20H18Cl2N2O3. The number of likely N-dealkylation sites (N-methyl/N-ethyl adjacent to an activating group) is 1. The molecule has 1 aromatic heterocycles. The third-order valence-electron chi connectivity index (χ3n) is 5.22. The van der Waals surface area contributed by atoms with Gasteiger partial charge in [0, 0.05) is 39.7 Å². The van der Waals surface area contributed by atoms with E-state index in [1.165, 1.54) is 10.5 Å². The van der Waals surface area contributed by atoms with Crippen LogP contribution in [0.4, 0.5) is 0 Å². The Kier molecular flexibility index (Phi) is 4.54. The van der Waals surface area contributed by atoms with Crippen LogP contribution in [-0.2, 0) is 13.0 Å². The number of benzene rings is 2. The molecule has 3 heterocycles. The summed E-state index contributed by atoms with van der Waals surface area (Å²) in [6.45, 7) is 2.11. The van der Waals surface area contributed by atoms with Crippen LogP contribution in [0.25, 0.3) is 10.9 Å². The molecule has 1 unspecified atom stereocenters. The van der Waals surface area contributed by atoms with E-state index in [4.69, 9.17) is 21.1 Å². The predicted molar refractivity (Wildman–Crippen MR) is 98.4 cm³/mol. The molecule has 0 fully saturated rings. The Morgan fingerprint density at radius 1 is 1.19 bits per heavy atom. The number of carbonyl (C=O) groups is 1. The molecule has 2 aliphatic heterocycles. The minimum Gasteiger partial charge on any atom is -1.00 e. The summed E-state index contributed by atoms with van der Waals surface area (Å²) in [7, 11) is 2.18. The van der Waals surface area contributed by atoms with Crippen molar-refractivity contribution in [3.05, 3.63) is 58.2 Å². The molecule has 0 amide bonds. The van der Waals surface area contributed by atoms with Crippen molar-refractivity contribution in [2.45, 2.75) is 13.0 Å². The fourth-order valence-corrected chi connectivity index (χ4v) is 4.15. The van der Waals surface area contributed by atoms with Crippen LogP contribution < -0.4 is 26.8 Å². The highest BCUT2D eigenvalue weighted by Gasteiger charge is 2.30. The second-order valence-corrected chi connectivity index (χ2v) is 7.37. The Labute approximate surface area is 167 Å². The monoisotopic (exact) mass is 404 g/mol. The van der Waals surface area contributed by atoms with Crippen molar-refractivity contribution in [2.24, 2.45) is 0 Å². The molecule has 2 aromatic carbocycles. The van der Waals surface area contributed by atoms with Crippen molar-refractivity contribution in [1.82, 2.24) is 4.57 Å². The van der Waals surface area contributed by atoms with E-state index in [1.807, 2.05) is 16.7 Å². The summed E-state index contributed by atoms with van der Waals surface area (Å²) in [4.78, 5) is 14.8. The highest BCUT2D eigenvalue weighted by atomic mass is 35.5. The van der Waals surface area contributed by atoms with Gasteiger partial charge in [-0.2, -0.15) is 0 Å². The van der Waals surface area contributed by atoms with Gasteiger partial charge in [-0.25, -0.2) is 0 Å². The zero-order valence-corrected chi connectivity index (χ0v) is 16.2. The first kappa shape index (κ1) is 18.2. The molecule has 140 valence electrons. The SMILES string of the molecule is C[NH+]1CCc2c(c3cc4c(cc3n2C(=O)c2cccc(Cl)c2)OCO4)C1.[Cl-]. The fraction of sp³-hybridized carbons (Fsp3) is 0.250. The Balaban J connectivity index is 0.00000180. The maximum absolute atomic E-state index is 13.4. The first-order valence-electron chi connectivity index (χ1n) is 8.69. The van der Waals surface area contributed by atoms with Gasteiger partial charge in [0.15, 0.2) is 11.5 Å². The molecule has 0 saturated heterocycles. The molecular weight excluding hydrogens is 387 g/mol. The molecule has 3 aromatic rings. The Bertz CT molecular complexity index is 1060. The van der Waals surface area contributed by atoms with Gasteiger partial charge in [0.1, 0.15) is 6.54 Å². The van der Waals surface area contributed by atoms with Crippen molar-refractivity contribution in [2.75, 3.05) is 20.4 Å². The summed E-state index contributed by atoms with van der Waals surface area (Å²) < 4.78 is 12.9. The van der Waals surface area contributed by atoms with Crippen molar-refractivity contribution in [3.63, 3.8) is 0 Å². The number of carbonyl (C=O) groups excluding carboxylic acids is 1. The zero-order chi connectivity index (χ0) is 17.8. The third kappa shape index (κ3) is 2.87.